The number of aliphatic hydroxyl groups excluding tert-OH is 1. The van der Waals surface area contributed by atoms with Crippen LogP contribution in [0.25, 0.3) is 0 Å². The van der Waals surface area contributed by atoms with Crippen LogP contribution in [0.5, 0.6) is 0 Å². The third-order valence-electron chi connectivity index (χ3n) is 3.05. The summed E-state index contributed by atoms with van der Waals surface area (Å²) in [6.45, 7) is 0.884. The van der Waals surface area contributed by atoms with Gasteiger partial charge in [0.2, 0.25) is 0 Å². The highest BCUT2D eigenvalue weighted by molar-refractivity contribution is 5.03. The van der Waals surface area contributed by atoms with Crippen LogP contribution in [0.15, 0.2) is 12.4 Å². The first kappa shape index (κ1) is 10.6. The zero-order chi connectivity index (χ0) is 10.7. The molecule has 15 heavy (non-hydrogen) atoms. The van der Waals surface area contributed by atoms with Crippen molar-refractivity contribution in [2.24, 2.45) is 7.05 Å². The maximum atomic E-state index is 9.37. The highest BCUT2D eigenvalue weighted by atomic mass is 16.3. The zero-order valence-electron chi connectivity index (χ0n) is 9.19. The summed E-state index contributed by atoms with van der Waals surface area (Å²) in [7, 11) is 1.93. The number of hydrogen-bond donors (Lipinski definition) is 2. The number of nitrogens with zero attached hydrogens (tertiary/aromatic N) is 2. The molecule has 1 aromatic rings. The minimum absolute atomic E-state index is 0.0681. The first-order valence-electron chi connectivity index (χ1n) is 5.63. The maximum absolute atomic E-state index is 9.37. The van der Waals surface area contributed by atoms with Gasteiger partial charge in [0.15, 0.2) is 0 Å². The maximum Gasteiger partial charge on any atom is 0.0541 e. The SMILES string of the molecule is Cn1cc(CNC2CCC(O)CC2)cn1. The molecule has 1 aliphatic rings. The Labute approximate surface area is 90.3 Å². The van der Waals surface area contributed by atoms with E-state index in [1.807, 2.05) is 24.1 Å². The second kappa shape index (κ2) is 4.77. The van der Waals surface area contributed by atoms with Crippen molar-refractivity contribution in [3.05, 3.63) is 18.0 Å². The lowest BCUT2D eigenvalue weighted by atomic mass is 9.93. The van der Waals surface area contributed by atoms with E-state index in [2.05, 4.69) is 10.4 Å². The standard InChI is InChI=1S/C11H19N3O/c1-14-8-9(7-13-14)6-12-10-2-4-11(15)5-3-10/h7-8,10-12,15H,2-6H2,1H3. The lowest BCUT2D eigenvalue weighted by Gasteiger charge is -2.26. The van der Waals surface area contributed by atoms with Crippen molar-refractivity contribution in [1.29, 1.82) is 0 Å². The fourth-order valence-electron chi connectivity index (χ4n) is 2.11. The van der Waals surface area contributed by atoms with Gasteiger partial charge in [-0.1, -0.05) is 0 Å². The minimum atomic E-state index is -0.0681. The molecule has 0 saturated heterocycles. The van der Waals surface area contributed by atoms with Gasteiger partial charge < -0.3 is 10.4 Å². The summed E-state index contributed by atoms with van der Waals surface area (Å²) in [5, 5.41) is 17.0. The van der Waals surface area contributed by atoms with E-state index in [-0.39, 0.29) is 6.10 Å². The van der Waals surface area contributed by atoms with Crippen LogP contribution in [-0.2, 0) is 13.6 Å². The second-order valence-corrected chi connectivity index (χ2v) is 4.41. The Bertz CT molecular complexity index is 303. The second-order valence-electron chi connectivity index (χ2n) is 4.41. The Morgan fingerprint density at radius 1 is 1.47 bits per heavy atom. The molecular weight excluding hydrogens is 190 g/mol. The van der Waals surface area contributed by atoms with Gasteiger partial charge in [-0.15, -0.1) is 0 Å². The number of aliphatic hydroxyl groups is 1. The van der Waals surface area contributed by atoms with Gasteiger partial charge in [0.1, 0.15) is 0 Å². The first-order chi connectivity index (χ1) is 7.24. The van der Waals surface area contributed by atoms with E-state index >= 15 is 0 Å². The third-order valence-corrected chi connectivity index (χ3v) is 3.05. The molecule has 1 fully saturated rings. The van der Waals surface area contributed by atoms with Gasteiger partial charge >= 0.3 is 0 Å². The number of aromatic nitrogens is 2. The zero-order valence-corrected chi connectivity index (χ0v) is 9.19. The quantitative estimate of drug-likeness (QED) is 0.774. The summed E-state index contributed by atoms with van der Waals surface area (Å²) < 4.78 is 1.82. The van der Waals surface area contributed by atoms with Crippen molar-refractivity contribution >= 4 is 0 Å². The van der Waals surface area contributed by atoms with Crippen molar-refractivity contribution < 1.29 is 5.11 Å². The monoisotopic (exact) mass is 209 g/mol. The summed E-state index contributed by atoms with van der Waals surface area (Å²) in [5.74, 6) is 0. The molecule has 0 amide bonds. The third kappa shape index (κ3) is 3.04. The highest BCUT2D eigenvalue weighted by Crippen LogP contribution is 2.18. The topological polar surface area (TPSA) is 50.1 Å². The van der Waals surface area contributed by atoms with Crippen molar-refractivity contribution in [3.8, 4) is 0 Å². The molecule has 4 nitrogen and oxygen atoms in total. The Morgan fingerprint density at radius 3 is 2.80 bits per heavy atom. The van der Waals surface area contributed by atoms with Crippen molar-refractivity contribution in [2.75, 3.05) is 0 Å². The number of hydrogen-bond acceptors (Lipinski definition) is 3. The van der Waals surface area contributed by atoms with Gasteiger partial charge in [-0.25, -0.2) is 0 Å². The van der Waals surface area contributed by atoms with Gasteiger partial charge in [-0.05, 0) is 25.7 Å². The Kier molecular flexibility index (Phi) is 3.38. The predicted octanol–water partition coefficient (Wildman–Crippen LogP) is 0.813. The van der Waals surface area contributed by atoms with E-state index in [1.165, 1.54) is 5.56 Å². The molecule has 0 aliphatic heterocycles. The molecule has 2 N–H and O–H groups in total. The first-order valence-corrected chi connectivity index (χ1v) is 5.63. The van der Waals surface area contributed by atoms with E-state index in [1.54, 1.807) is 0 Å². The lowest BCUT2D eigenvalue weighted by Crippen LogP contribution is -2.34. The van der Waals surface area contributed by atoms with E-state index in [0.29, 0.717) is 6.04 Å². The molecule has 0 bridgehead atoms. The van der Waals surface area contributed by atoms with Gasteiger partial charge in [0.25, 0.3) is 0 Å². The van der Waals surface area contributed by atoms with E-state index < -0.39 is 0 Å². The van der Waals surface area contributed by atoms with E-state index in [9.17, 15) is 5.11 Å². The number of nitrogens with one attached hydrogen (secondary N) is 1. The molecule has 0 spiro atoms. The average molecular weight is 209 g/mol. The summed E-state index contributed by atoms with van der Waals surface area (Å²) >= 11 is 0. The predicted molar refractivity (Wildman–Crippen MR) is 58.3 cm³/mol. The summed E-state index contributed by atoms with van der Waals surface area (Å²) in [4.78, 5) is 0. The van der Waals surface area contributed by atoms with Crippen LogP contribution >= 0.6 is 0 Å². The van der Waals surface area contributed by atoms with Gasteiger partial charge in [-0.3, -0.25) is 4.68 Å². The minimum Gasteiger partial charge on any atom is -0.393 e. The molecule has 4 heteroatoms. The Morgan fingerprint density at radius 2 is 2.20 bits per heavy atom. The Hall–Kier alpha value is -0.870. The van der Waals surface area contributed by atoms with Crippen molar-refractivity contribution in [1.82, 2.24) is 15.1 Å². The molecule has 1 saturated carbocycles. The largest absolute Gasteiger partial charge is 0.393 e. The Balaban J connectivity index is 1.74. The van der Waals surface area contributed by atoms with Gasteiger partial charge in [0.05, 0.1) is 12.3 Å². The summed E-state index contributed by atoms with van der Waals surface area (Å²) in [6, 6.07) is 0.564. The van der Waals surface area contributed by atoms with Crippen LogP contribution in [-0.4, -0.2) is 27.0 Å². The van der Waals surface area contributed by atoms with Crippen molar-refractivity contribution in [2.45, 2.75) is 44.4 Å². The molecule has 0 radical (unpaired) electrons. The molecule has 1 heterocycles. The molecular formula is C11H19N3O. The van der Waals surface area contributed by atoms with Gasteiger partial charge in [-0.2, -0.15) is 5.10 Å². The van der Waals surface area contributed by atoms with Crippen LogP contribution < -0.4 is 5.32 Å². The van der Waals surface area contributed by atoms with Crippen molar-refractivity contribution in [3.63, 3.8) is 0 Å². The summed E-state index contributed by atoms with van der Waals surface area (Å²) in [5.41, 5.74) is 1.23. The average Bonchev–Trinajstić information content (AvgIpc) is 2.64. The molecule has 84 valence electrons. The summed E-state index contributed by atoms with van der Waals surface area (Å²) in [6.07, 6.45) is 7.90. The fraction of sp³-hybridized carbons (Fsp3) is 0.727. The van der Waals surface area contributed by atoms with E-state index in [0.717, 1.165) is 32.2 Å². The molecule has 1 aliphatic carbocycles. The molecule has 1 aromatic heterocycles. The lowest BCUT2D eigenvalue weighted by molar-refractivity contribution is 0.116. The molecule has 2 rings (SSSR count). The van der Waals surface area contributed by atoms with Crippen LogP contribution in [0, 0.1) is 0 Å². The molecule has 0 unspecified atom stereocenters. The molecule has 0 aromatic carbocycles. The highest BCUT2D eigenvalue weighted by Gasteiger charge is 2.18. The molecule has 0 atom stereocenters. The number of aryl methyl sites for hydroxylation is 1. The fourth-order valence-corrected chi connectivity index (χ4v) is 2.11. The van der Waals surface area contributed by atoms with Crippen LogP contribution in [0.4, 0.5) is 0 Å². The number of rotatable bonds is 3. The van der Waals surface area contributed by atoms with Crippen LogP contribution in [0.3, 0.4) is 0 Å². The normalized spacial score (nSPS) is 26.8. The van der Waals surface area contributed by atoms with Crippen LogP contribution in [0.1, 0.15) is 31.2 Å². The van der Waals surface area contributed by atoms with E-state index in [4.69, 9.17) is 0 Å². The van der Waals surface area contributed by atoms with Gasteiger partial charge in [0, 0.05) is 31.4 Å². The van der Waals surface area contributed by atoms with Crippen LogP contribution in [0.2, 0.25) is 0 Å². The smallest absolute Gasteiger partial charge is 0.0541 e.